The first kappa shape index (κ1) is 21.8. The van der Waals surface area contributed by atoms with E-state index < -0.39 is 10.0 Å². The summed E-state index contributed by atoms with van der Waals surface area (Å²) in [6.07, 6.45) is 3.73. The summed E-state index contributed by atoms with van der Waals surface area (Å²) in [6.45, 7) is 7.22. The van der Waals surface area contributed by atoms with Crippen molar-refractivity contribution in [2.45, 2.75) is 38.3 Å². The molecule has 0 saturated heterocycles. The molecular weight excluding hydrogens is 422 g/mol. The Morgan fingerprint density at radius 1 is 1.10 bits per heavy atom. The number of aryl methyl sites for hydroxylation is 3. The first-order chi connectivity index (χ1) is 14.2. The number of amides is 1. The van der Waals surface area contributed by atoms with Gasteiger partial charge in [0.2, 0.25) is 5.91 Å². The van der Waals surface area contributed by atoms with Crippen molar-refractivity contribution in [2.75, 3.05) is 10.0 Å². The first-order valence-electron chi connectivity index (χ1n) is 9.34. The number of carbonyl (C=O) groups is 1. The van der Waals surface area contributed by atoms with Gasteiger partial charge in [0.1, 0.15) is 15.6 Å². The highest BCUT2D eigenvalue weighted by molar-refractivity contribution is 7.94. The standard InChI is InChI=1S/C21H23N3O4S2/c1-5-18(25)22-21-15(4)23-28-17(21)11-9-16-10-12-19(29-16)30(26,27)24-20-13(2)7-6-8-14(20)3/h6-12,24H,5H2,1-4H3,(H,22,25)/b11-9+. The maximum atomic E-state index is 12.8. The summed E-state index contributed by atoms with van der Waals surface area (Å²) in [5.41, 5.74) is 3.40. The summed E-state index contributed by atoms with van der Waals surface area (Å²) in [4.78, 5) is 12.4. The van der Waals surface area contributed by atoms with Crippen molar-refractivity contribution in [2.24, 2.45) is 0 Å². The SMILES string of the molecule is CCC(=O)Nc1c(C)noc1/C=C/c1ccc(S(=O)(=O)Nc2c(C)cccc2C)s1. The molecule has 0 unspecified atom stereocenters. The summed E-state index contributed by atoms with van der Waals surface area (Å²) in [7, 11) is -3.70. The highest BCUT2D eigenvalue weighted by Gasteiger charge is 2.19. The van der Waals surface area contributed by atoms with E-state index in [2.05, 4.69) is 15.2 Å². The van der Waals surface area contributed by atoms with E-state index in [-0.39, 0.29) is 10.1 Å². The van der Waals surface area contributed by atoms with E-state index in [4.69, 9.17) is 4.52 Å². The van der Waals surface area contributed by atoms with Crippen LogP contribution in [0.4, 0.5) is 11.4 Å². The number of nitrogens with zero attached hydrogens (tertiary/aromatic N) is 1. The monoisotopic (exact) mass is 445 g/mol. The van der Waals surface area contributed by atoms with Gasteiger partial charge < -0.3 is 9.84 Å². The van der Waals surface area contributed by atoms with Crippen LogP contribution in [0, 0.1) is 20.8 Å². The van der Waals surface area contributed by atoms with Gasteiger partial charge in [-0.15, -0.1) is 11.3 Å². The van der Waals surface area contributed by atoms with Crippen LogP contribution in [0.3, 0.4) is 0 Å². The maximum absolute atomic E-state index is 12.8. The van der Waals surface area contributed by atoms with Crippen LogP contribution in [0.15, 0.2) is 39.1 Å². The Hall–Kier alpha value is -2.91. The van der Waals surface area contributed by atoms with Gasteiger partial charge in [-0.25, -0.2) is 8.42 Å². The van der Waals surface area contributed by atoms with Gasteiger partial charge in [0.15, 0.2) is 5.76 Å². The van der Waals surface area contributed by atoms with Gasteiger partial charge in [0.05, 0.1) is 5.69 Å². The van der Waals surface area contributed by atoms with Crippen LogP contribution in [0.2, 0.25) is 0 Å². The predicted molar refractivity (Wildman–Crippen MR) is 120 cm³/mol. The fourth-order valence-electron chi connectivity index (χ4n) is 2.77. The van der Waals surface area contributed by atoms with Gasteiger partial charge in [-0.05, 0) is 56.2 Å². The van der Waals surface area contributed by atoms with E-state index in [9.17, 15) is 13.2 Å². The molecule has 0 atom stereocenters. The van der Waals surface area contributed by atoms with Crippen molar-refractivity contribution in [3.8, 4) is 0 Å². The summed E-state index contributed by atoms with van der Waals surface area (Å²) in [5, 5.41) is 6.64. The Labute approximate surface area is 179 Å². The van der Waals surface area contributed by atoms with E-state index in [1.54, 1.807) is 38.1 Å². The van der Waals surface area contributed by atoms with Crippen LogP contribution >= 0.6 is 11.3 Å². The van der Waals surface area contributed by atoms with Crippen molar-refractivity contribution in [3.63, 3.8) is 0 Å². The van der Waals surface area contributed by atoms with Crippen molar-refractivity contribution in [1.82, 2.24) is 5.16 Å². The van der Waals surface area contributed by atoms with Crippen LogP contribution < -0.4 is 10.0 Å². The number of benzene rings is 1. The lowest BCUT2D eigenvalue weighted by molar-refractivity contribution is -0.115. The molecule has 0 aliphatic heterocycles. The van der Waals surface area contributed by atoms with E-state index in [0.29, 0.717) is 29.2 Å². The highest BCUT2D eigenvalue weighted by Crippen LogP contribution is 2.29. The molecule has 0 bridgehead atoms. The zero-order valence-electron chi connectivity index (χ0n) is 17.1. The molecule has 2 N–H and O–H groups in total. The minimum Gasteiger partial charge on any atom is -0.354 e. The number of aromatic nitrogens is 1. The van der Waals surface area contributed by atoms with E-state index in [1.807, 2.05) is 32.0 Å². The van der Waals surface area contributed by atoms with Crippen LogP contribution in [-0.4, -0.2) is 19.5 Å². The smallest absolute Gasteiger partial charge is 0.271 e. The summed E-state index contributed by atoms with van der Waals surface area (Å²) >= 11 is 1.13. The largest absolute Gasteiger partial charge is 0.354 e. The second-order valence-electron chi connectivity index (χ2n) is 6.77. The molecule has 2 heterocycles. The van der Waals surface area contributed by atoms with Gasteiger partial charge in [0, 0.05) is 11.3 Å². The zero-order chi connectivity index (χ0) is 21.9. The summed E-state index contributed by atoms with van der Waals surface area (Å²) in [5.74, 6) is 0.263. The van der Waals surface area contributed by atoms with E-state index in [0.717, 1.165) is 27.3 Å². The molecule has 7 nitrogen and oxygen atoms in total. The molecule has 0 aliphatic rings. The minimum atomic E-state index is -3.70. The Bertz CT molecular complexity index is 1190. The molecule has 0 fully saturated rings. The topological polar surface area (TPSA) is 101 Å². The number of hydrogen-bond acceptors (Lipinski definition) is 6. The highest BCUT2D eigenvalue weighted by atomic mass is 32.2. The molecule has 9 heteroatoms. The Balaban J connectivity index is 1.81. The molecule has 2 aromatic heterocycles. The van der Waals surface area contributed by atoms with Crippen LogP contribution in [0.1, 0.15) is 40.8 Å². The number of rotatable bonds is 7. The minimum absolute atomic E-state index is 0.141. The second kappa shape index (κ2) is 8.85. The number of carbonyl (C=O) groups excluding carboxylic acids is 1. The summed E-state index contributed by atoms with van der Waals surface area (Å²) in [6, 6.07) is 8.89. The normalized spacial score (nSPS) is 11.7. The third-order valence-corrected chi connectivity index (χ3v) is 7.35. The number of thiophene rings is 1. The molecule has 0 radical (unpaired) electrons. The lowest BCUT2D eigenvalue weighted by atomic mass is 10.1. The number of sulfonamides is 1. The van der Waals surface area contributed by atoms with E-state index in [1.165, 1.54) is 0 Å². The van der Waals surface area contributed by atoms with Crippen molar-refractivity contribution >= 4 is 50.8 Å². The lowest BCUT2D eigenvalue weighted by Crippen LogP contribution is -2.13. The third-order valence-electron chi connectivity index (χ3n) is 4.46. The first-order valence-corrected chi connectivity index (χ1v) is 11.6. The Kier molecular flexibility index (Phi) is 6.42. The lowest BCUT2D eigenvalue weighted by Gasteiger charge is -2.11. The van der Waals surface area contributed by atoms with E-state index >= 15 is 0 Å². The average molecular weight is 446 g/mol. The number of para-hydroxylation sites is 1. The van der Waals surface area contributed by atoms with Gasteiger partial charge in [0.25, 0.3) is 10.0 Å². The molecule has 3 aromatic rings. The summed E-state index contributed by atoms with van der Waals surface area (Å²) < 4.78 is 33.8. The molecule has 0 saturated carbocycles. The average Bonchev–Trinajstić information content (AvgIpc) is 3.31. The van der Waals surface area contributed by atoms with Crippen molar-refractivity contribution < 1.29 is 17.7 Å². The van der Waals surface area contributed by atoms with Gasteiger partial charge in [-0.2, -0.15) is 0 Å². The Morgan fingerprint density at radius 3 is 2.47 bits per heavy atom. The maximum Gasteiger partial charge on any atom is 0.271 e. The van der Waals surface area contributed by atoms with Crippen LogP contribution in [-0.2, 0) is 14.8 Å². The molecule has 1 amide bonds. The van der Waals surface area contributed by atoms with Gasteiger partial charge in [-0.3, -0.25) is 9.52 Å². The van der Waals surface area contributed by atoms with Gasteiger partial charge in [-0.1, -0.05) is 30.3 Å². The van der Waals surface area contributed by atoms with Crippen molar-refractivity contribution in [3.05, 3.63) is 57.8 Å². The fraction of sp³-hybridized carbons (Fsp3) is 0.238. The number of anilines is 2. The second-order valence-corrected chi connectivity index (χ2v) is 9.80. The molecule has 0 spiro atoms. The zero-order valence-corrected chi connectivity index (χ0v) is 18.8. The predicted octanol–water partition coefficient (Wildman–Crippen LogP) is 4.98. The van der Waals surface area contributed by atoms with Crippen molar-refractivity contribution in [1.29, 1.82) is 0 Å². The molecule has 0 aliphatic carbocycles. The number of hydrogen-bond donors (Lipinski definition) is 2. The molecule has 3 rings (SSSR count). The number of nitrogens with one attached hydrogen (secondary N) is 2. The van der Waals surface area contributed by atoms with Crippen LogP contribution in [0.25, 0.3) is 12.2 Å². The van der Waals surface area contributed by atoms with Gasteiger partial charge >= 0.3 is 0 Å². The van der Waals surface area contributed by atoms with Crippen LogP contribution in [0.5, 0.6) is 0 Å². The third kappa shape index (κ3) is 4.80. The Morgan fingerprint density at radius 2 is 1.80 bits per heavy atom. The molecule has 1 aromatic carbocycles. The fourth-order valence-corrected chi connectivity index (χ4v) is 5.20. The molecule has 30 heavy (non-hydrogen) atoms. The molecule has 158 valence electrons. The quantitative estimate of drug-likeness (QED) is 0.534. The molecular formula is C21H23N3O4S2.